The number of hydrogen-bond acceptors (Lipinski definition) is 1. The summed E-state index contributed by atoms with van der Waals surface area (Å²) in [5, 5.41) is 3.44. The molecule has 2 atom stereocenters. The summed E-state index contributed by atoms with van der Waals surface area (Å²) in [5.74, 6) is 2.25. The fourth-order valence-electron chi connectivity index (χ4n) is 3.86. The van der Waals surface area contributed by atoms with Crippen molar-refractivity contribution in [3.05, 3.63) is 0 Å². The Morgan fingerprint density at radius 2 is 1.79 bits per heavy atom. The van der Waals surface area contributed by atoms with Crippen molar-refractivity contribution in [2.45, 2.75) is 44.9 Å². The molecule has 1 nitrogen and oxygen atoms in total. The van der Waals surface area contributed by atoms with E-state index in [0.717, 1.165) is 11.8 Å². The van der Waals surface area contributed by atoms with Gasteiger partial charge in [-0.25, -0.2) is 0 Å². The van der Waals surface area contributed by atoms with Crippen molar-refractivity contribution in [2.24, 2.45) is 17.3 Å². The minimum atomic E-state index is -0.881. The lowest BCUT2D eigenvalue weighted by molar-refractivity contribution is 0.287. The quantitative estimate of drug-likeness (QED) is 0.705. The van der Waals surface area contributed by atoms with Gasteiger partial charge in [0.15, 0.2) is 0 Å². The van der Waals surface area contributed by atoms with Gasteiger partial charge in [-0.2, -0.15) is 0 Å². The van der Waals surface area contributed by atoms with Crippen molar-refractivity contribution in [1.29, 1.82) is 0 Å². The second kappa shape index (κ2) is 3.34. The summed E-state index contributed by atoms with van der Waals surface area (Å²) >= 11 is 0. The Morgan fingerprint density at radius 3 is 2.21 bits per heavy atom. The molecule has 0 bridgehead atoms. The predicted molar refractivity (Wildman–Crippen MR) is 65.3 cm³/mol. The van der Waals surface area contributed by atoms with Gasteiger partial charge < -0.3 is 5.32 Å². The molecule has 2 aliphatic carbocycles. The summed E-state index contributed by atoms with van der Waals surface area (Å²) in [5.41, 5.74) is 0.701. The molecule has 2 heteroatoms. The fraction of sp³-hybridized carbons (Fsp3) is 1.00. The molecule has 2 fully saturated rings. The van der Waals surface area contributed by atoms with Gasteiger partial charge in [0.25, 0.3) is 0 Å². The Balaban J connectivity index is 2.00. The molecule has 0 spiro atoms. The first-order valence-corrected chi connectivity index (χ1v) is 9.79. The van der Waals surface area contributed by atoms with Gasteiger partial charge in [0.1, 0.15) is 0 Å². The van der Waals surface area contributed by atoms with Crippen molar-refractivity contribution in [2.75, 3.05) is 13.6 Å². The maximum absolute atomic E-state index is 3.44. The molecule has 14 heavy (non-hydrogen) atoms. The summed E-state index contributed by atoms with van der Waals surface area (Å²) in [4.78, 5) is 0. The van der Waals surface area contributed by atoms with Crippen LogP contribution in [0.15, 0.2) is 0 Å². The van der Waals surface area contributed by atoms with Gasteiger partial charge in [-0.15, -0.1) is 0 Å². The van der Waals surface area contributed by atoms with E-state index in [9.17, 15) is 0 Å². The lowest BCUT2D eigenvalue weighted by atomic mass is 9.85. The highest BCUT2D eigenvalue weighted by Crippen LogP contribution is 2.61. The zero-order valence-electron chi connectivity index (χ0n) is 10.2. The zero-order valence-corrected chi connectivity index (χ0v) is 11.2. The fourth-order valence-corrected chi connectivity index (χ4v) is 6.52. The van der Waals surface area contributed by atoms with Gasteiger partial charge in [-0.3, -0.25) is 0 Å². The highest BCUT2D eigenvalue weighted by Gasteiger charge is 2.54. The van der Waals surface area contributed by atoms with Crippen LogP contribution in [0.4, 0.5) is 0 Å². The third kappa shape index (κ3) is 2.22. The molecule has 0 saturated heterocycles. The Morgan fingerprint density at radius 1 is 1.21 bits per heavy atom. The molecule has 2 unspecified atom stereocenters. The normalized spacial score (nSPS) is 41.1. The van der Waals surface area contributed by atoms with Crippen LogP contribution in [-0.4, -0.2) is 21.7 Å². The van der Waals surface area contributed by atoms with Gasteiger partial charge in [0.2, 0.25) is 0 Å². The molecule has 0 aromatic rings. The molecule has 1 N–H and O–H groups in total. The first kappa shape index (κ1) is 10.7. The van der Waals surface area contributed by atoms with Crippen LogP contribution in [0.1, 0.15) is 19.3 Å². The lowest BCUT2D eigenvalue weighted by Crippen LogP contribution is -2.38. The van der Waals surface area contributed by atoms with Crippen molar-refractivity contribution in [1.82, 2.24) is 5.32 Å². The van der Waals surface area contributed by atoms with Crippen molar-refractivity contribution < 1.29 is 0 Å². The first-order chi connectivity index (χ1) is 6.44. The topological polar surface area (TPSA) is 12.0 Å². The van der Waals surface area contributed by atoms with Crippen LogP contribution in [0.2, 0.25) is 25.7 Å². The monoisotopic (exact) mass is 211 g/mol. The van der Waals surface area contributed by atoms with Crippen molar-refractivity contribution in [3.63, 3.8) is 0 Å². The molecule has 0 aromatic carbocycles. The van der Waals surface area contributed by atoms with E-state index in [1.165, 1.54) is 25.4 Å². The largest absolute Gasteiger partial charge is 0.319 e. The SMILES string of the molecule is CNCC1(C[Si](C)(C)C)CC2CC2C1. The van der Waals surface area contributed by atoms with E-state index in [-0.39, 0.29) is 0 Å². The maximum Gasteiger partial charge on any atom is 0.0448 e. The van der Waals surface area contributed by atoms with E-state index in [2.05, 4.69) is 32.0 Å². The van der Waals surface area contributed by atoms with Gasteiger partial charge in [0, 0.05) is 14.6 Å². The van der Waals surface area contributed by atoms with Crippen LogP contribution in [-0.2, 0) is 0 Å². The molecule has 0 amide bonds. The van der Waals surface area contributed by atoms with Crippen LogP contribution >= 0.6 is 0 Å². The van der Waals surface area contributed by atoms with Crippen LogP contribution in [0.3, 0.4) is 0 Å². The Bertz CT molecular complexity index is 209. The van der Waals surface area contributed by atoms with Gasteiger partial charge in [-0.1, -0.05) is 25.7 Å². The Hall–Kier alpha value is 0.177. The van der Waals surface area contributed by atoms with E-state index in [4.69, 9.17) is 0 Å². The summed E-state index contributed by atoms with van der Waals surface area (Å²) < 4.78 is 0. The molecule has 0 aromatic heterocycles. The highest BCUT2D eigenvalue weighted by molar-refractivity contribution is 6.76. The summed E-state index contributed by atoms with van der Waals surface area (Å²) in [6.07, 6.45) is 4.61. The van der Waals surface area contributed by atoms with Gasteiger partial charge in [-0.05, 0) is 43.6 Å². The third-order valence-corrected chi connectivity index (χ3v) is 5.73. The molecule has 2 aliphatic rings. The minimum absolute atomic E-state index is 0.701. The Labute approximate surface area is 89.7 Å². The molecule has 0 heterocycles. The molecule has 82 valence electrons. The number of rotatable bonds is 4. The average Bonchev–Trinajstić information content (AvgIpc) is 2.56. The molecule has 2 rings (SSSR count). The molecule has 2 saturated carbocycles. The predicted octanol–water partition coefficient (Wildman–Crippen LogP) is 2.96. The van der Waals surface area contributed by atoms with E-state index in [1.807, 2.05) is 0 Å². The maximum atomic E-state index is 3.44. The zero-order chi connectivity index (χ0) is 10.4. The molecule has 0 aliphatic heterocycles. The Kier molecular flexibility index (Phi) is 2.55. The van der Waals surface area contributed by atoms with Crippen molar-refractivity contribution >= 4 is 8.07 Å². The van der Waals surface area contributed by atoms with Crippen molar-refractivity contribution in [3.8, 4) is 0 Å². The van der Waals surface area contributed by atoms with Gasteiger partial charge in [0.05, 0.1) is 0 Å². The molecular weight excluding hydrogens is 186 g/mol. The lowest BCUT2D eigenvalue weighted by Gasteiger charge is -2.36. The minimum Gasteiger partial charge on any atom is -0.319 e. The molecular formula is C12H25NSi. The number of nitrogens with one attached hydrogen (secondary N) is 1. The van der Waals surface area contributed by atoms with E-state index < -0.39 is 8.07 Å². The summed E-state index contributed by atoms with van der Waals surface area (Å²) in [6.45, 7) is 8.83. The molecule has 0 radical (unpaired) electrons. The second-order valence-corrected chi connectivity index (χ2v) is 12.4. The third-order valence-electron chi connectivity index (χ3n) is 3.92. The summed E-state index contributed by atoms with van der Waals surface area (Å²) in [6, 6.07) is 1.54. The van der Waals surface area contributed by atoms with Crippen LogP contribution < -0.4 is 5.32 Å². The van der Waals surface area contributed by atoms with E-state index in [1.54, 1.807) is 6.42 Å². The average molecular weight is 211 g/mol. The number of hydrogen-bond donors (Lipinski definition) is 1. The smallest absolute Gasteiger partial charge is 0.0448 e. The second-order valence-electron chi connectivity index (χ2n) is 6.93. The number of fused-ring (bicyclic) bond motifs is 1. The van der Waals surface area contributed by atoms with Gasteiger partial charge >= 0.3 is 0 Å². The first-order valence-electron chi connectivity index (χ1n) is 6.09. The standard InChI is InChI=1S/C12H25NSi/c1-13-8-12(9-14(2,3)4)6-10-5-11(10)7-12/h10-11,13H,5-9H2,1-4H3. The van der Waals surface area contributed by atoms with E-state index in [0.29, 0.717) is 5.41 Å². The van der Waals surface area contributed by atoms with E-state index >= 15 is 0 Å². The van der Waals surface area contributed by atoms with Crippen LogP contribution in [0.5, 0.6) is 0 Å². The highest BCUT2D eigenvalue weighted by atomic mass is 28.3. The van der Waals surface area contributed by atoms with Crippen LogP contribution in [0.25, 0.3) is 0 Å². The summed E-state index contributed by atoms with van der Waals surface area (Å²) in [7, 11) is 1.24. The van der Waals surface area contributed by atoms with Crippen LogP contribution in [0, 0.1) is 17.3 Å².